The normalized spacial score (nSPS) is 15.8. The molecule has 1 aromatic heterocycles. The quantitative estimate of drug-likeness (QED) is 0.587. The number of carbonyl (C=O) groups excluding carboxylic acids is 2. The van der Waals surface area contributed by atoms with Crippen molar-refractivity contribution in [3.63, 3.8) is 0 Å². The topological polar surface area (TPSA) is 96.4 Å². The number of Topliss-reactive ketones (excluding diaryl/α,β-unsaturated/α-hetero) is 1. The fourth-order valence-electron chi connectivity index (χ4n) is 3.72. The smallest absolute Gasteiger partial charge is 0.243 e. The van der Waals surface area contributed by atoms with E-state index in [1.54, 1.807) is 0 Å². The van der Waals surface area contributed by atoms with Gasteiger partial charge in [-0.25, -0.2) is 13.4 Å². The van der Waals surface area contributed by atoms with E-state index < -0.39 is 10.0 Å². The van der Waals surface area contributed by atoms with E-state index in [-0.39, 0.29) is 35.6 Å². The molecule has 162 valence electrons. The van der Waals surface area contributed by atoms with Crippen LogP contribution in [0.4, 0.5) is 5.13 Å². The second-order valence-electron chi connectivity index (χ2n) is 7.69. The number of benzene rings is 2. The molecule has 1 saturated heterocycles. The molecule has 2 aromatic carbocycles. The zero-order chi connectivity index (χ0) is 22.2. The van der Waals surface area contributed by atoms with Crippen LogP contribution in [0, 0.1) is 12.8 Å². The average molecular weight is 458 g/mol. The minimum atomic E-state index is -3.65. The zero-order valence-electron chi connectivity index (χ0n) is 17.3. The summed E-state index contributed by atoms with van der Waals surface area (Å²) in [6, 6.07) is 11.9. The van der Waals surface area contributed by atoms with E-state index in [9.17, 15) is 18.0 Å². The number of hydrogen-bond acceptors (Lipinski definition) is 6. The first-order valence-corrected chi connectivity index (χ1v) is 12.3. The van der Waals surface area contributed by atoms with Gasteiger partial charge in [0, 0.05) is 24.6 Å². The Bertz CT molecular complexity index is 1240. The van der Waals surface area contributed by atoms with Gasteiger partial charge in [0.15, 0.2) is 10.9 Å². The molecule has 0 spiro atoms. The summed E-state index contributed by atoms with van der Waals surface area (Å²) in [5.41, 5.74) is 2.42. The Balaban J connectivity index is 1.39. The van der Waals surface area contributed by atoms with Crippen LogP contribution >= 0.6 is 11.3 Å². The number of thiazole rings is 1. The first-order chi connectivity index (χ1) is 14.8. The number of para-hydroxylation sites is 1. The number of rotatable bonds is 5. The Labute approximate surface area is 185 Å². The highest BCUT2D eigenvalue weighted by Gasteiger charge is 2.32. The molecule has 0 bridgehead atoms. The van der Waals surface area contributed by atoms with E-state index in [4.69, 9.17) is 0 Å². The third kappa shape index (κ3) is 4.39. The Morgan fingerprint density at radius 2 is 1.77 bits per heavy atom. The zero-order valence-corrected chi connectivity index (χ0v) is 18.9. The predicted octanol–water partition coefficient (Wildman–Crippen LogP) is 3.85. The monoisotopic (exact) mass is 457 g/mol. The van der Waals surface area contributed by atoms with E-state index in [1.165, 1.54) is 46.8 Å². The highest BCUT2D eigenvalue weighted by molar-refractivity contribution is 7.89. The second kappa shape index (κ2) is 8.49. The number of anilines is 1. The Morgan fingerprint density at radius 3 is 2.39 bits per heavy atom. The van der Waals surface area contributed by atoms with Gasteiger partial charge in [0.1, 0.15) is 0 Å². The van der Waals surface area contributed by atoms with Crippen molar-refractivity contribution < 1.29 is 18.0 Å². The van der Waals surface area contributed by atoms with Crippen LogP contribution in [0.2, 0.25) is 0 Å². The van der Waals surface area contributed by atoms with Gasteiger partial charge in [0.2, 0.25) is 15.9 Å². The average Bonchev–Trinajstić information content (AvgIpc) is 3.17. The number of fused-ring (bicyclic) bond motifs is 1. The van der Waals surface area contributed by atoms with Gasteiger partial charge in [-0.05, 0) is 50.5 Å². The minimum absolute atomic E-state index is 0.112. The van der Waals surface area contributed by atoms with Crippen molar-refractivity contribution in [2.75, 3.05) is 18.4 Å². The van der Waals surface area contributed by atoms with Crippen LogP contribution in [0.25, 0.3) is 10.2 Å². The lowest BCUT2D eigenvalue weighted by molar-refractivity contribution is -0.120. The van der Waals surface area contributed by atoms with Crippen molar-refractivity contribution >= 4 is 48.4 Å². The number of amides is 1. The predicted molar refractivity (Wildman–Crippen MR) is 121 cm³/mol. The number of piperidine rings is 1. The molecule has 7 nitrogen and oxygen atoms in total. The van der Waals surface area contributed by atoms with Gasteiger partial charge in [0.05, 0.1) is 15.1 Å². The highest BCUT2D eigenvalue weighted by atomic mass is 32.2. The molecule has 4 rings (SSSR count). The summed E-state index contributed by atoms with van der Waals surface area (Å²) in [5.74, 6) is -0.502. The van der Waals surface area contributed by atoms with Crippen molar-refractivity contribution in [3.8, 4) is 0 Å². The van der Waals surface area contributed by atoms with Gasteiger partial charge in [0.25, 0.3) is 0 Å². The van der Waals surface area contributed by atoms with Crippen molar-refractivity contribution in [2.45, 2.75) is 31.6 Å². The third-order valence-electron chi connectivity index (χ3n) is 5.57. The van der Waals surface area contributed by atoms with Crippen LogP contribution in [-0.4, -0.2) is 42.5 Å². The van der Waals surface area contributed by atoms with Crippen molar-refractivity contribution in [3.05, 3.63) is 53.6 Å². The molecule has 3 aromatic rings. The maximum absolute atomic E-state index is 12.9. The number of aryl methyl sites for hydroxylation is 1. The van der Waals surface area contributed by atoms with Gasteiger partial charge in [-0.15, -0.1) is 0 Å². The van der Waals surface area contributed by atoms with Crippen molar-refractivity contribution in [1.29, 1.82) is 0 Å². The van der Waals surface area contributed by atoms with E-state index in [2.05, 4.69) is 10.3 Å². The van der Waals surface area contributed by atoms with Crippen LogP contribution in [0.15, 0.2) is 47.4 Å². The van der Waals surface area contributed by atoms with E-state index in [0.29, 0.717) is 23.5 Å². The second-order valence-corrected chi connectivity index (χ2v) is 10.7. The maximum Gasteiger partial charge on any atom is 0.243 e. The van der Waals surface area contributed by atoms with Crippen LogP contribution in [0.1, 0.15) is 35.7 Å². The third-order valence-corrected chi connectivity index (χ3v) is 8.42. The van der Waals surface area contributed by atoms with E-state index in [0.717, 1.165) is 15.8 Å². The molecular weight excluding hydrogens is 434 g/mol. The van der Waals surface area contributed by atoms with Crippen LogP contribution < -0.4 is 5.32 Å². The van der Waals surface area contributed by atoms with Crippen LogP contribution in [0.3, 0.4) is 0 Å². The van der Waals surface area contributed by atoms with Gasteiger partial charge in [-0.3, -0.25) is 9.59 Å². The first-order valence-electron chi connectivity index (χ1n) is 10.0. The molecule has 0 saturated carbocycles. The Hall–Kier alpha value is -2.62. The molecule has 0 unspecified atom stereocenters. The summed E-state index contributed by atoms with van der Waals surface area (Å²) in [5, 5.41) is 3.46. The lowest BCUT2D eigenvalue weighted by Crippen LogP contribution is -2.41. The van der Waals surface area contributed by atoms with Gasteiger partial charge >= 0.3 is 0 Å². The molecule has 0 aliphatic carbocycles. The molecule has 1 aliphatic rings. The molecule has 9 heteroatoms. The first kappa shape index (κ1) is 21.6. The van der Waals surface area contributed by atoms with Gasteiger partial charge < -0.3 is 5.32 Å². The Kier molecular flexibility index (Phi) is 5.92. The lowest BCUT2D eigenvalue weighted by Gasteiger charge is -2.30. The molecule has 2 heterocycles. The van der Waals surface area contributed by atoms with Crippen LogP contribution in [-0.2, 0) is 14.8 Å². The summed E-state index contributed by atoms with van der Waals surface area (Å²) < 4.78 is 28.2. The number of sulfonamides is 1. The SMILES string of the molecule is CC(=O)c1ccc(S(=O)(=O)N2CCC(C(=O)Nc3nc4c(C)cccc4s3)CC2)cc1. The van der Waals surface area contributed by atoms with Gasteiger partial charge in [-0.2, -0.15) is 4.31 Å². The maximum atomic E-state index is 12.9. The molecule has 0 radical (unpaired) electrons. The summed E-state index contributed by atoms with van der Waals surface area (Å²) >= 11 is 1.44. The molecule has 1 fully saturated rings. The van der Waals surface area contributed by atoms with Crippen molar-refractivity contribution in [1.82, 2.24) is 9.29 Å². The fourth-order valence-corrected chi connectivity index (χ4v) is 6.13. The van der Waals surface area contributed by atoms with Gasteiger partial charge in [-0.1, -0.05) is 35.6 Å². The number of nitrogens with zero attached hydrogens (tertiary/aromatic N) is 2. The summed E-state index contributed by atoms with van der Waals surface area (Å²) in [6.45, 7) is 3.97. The van der Waals surface area contributed by atoms with E-state index >= 15 is 0 Å². The fraction of sp³-hybridized carbons (Fsp3) is 0.318. The Morgan fingerprint density at radius 1 is 1.10 bits per heavy atom. The molecule has 1 amide bonds. The summed E-state index contributed by atoms with van der Waals surface area (Å²) in [4.78, 5) is 28.8. The number of nitrogens with one attached hydrogen (secondary N) is 1. The standard InChI is InChI=1S/C22H23N3O4S2/c1-14-4-3-5-19-20(14)23-22(30-19)24-21(27)17-10-12-25(13-11-17)31(28,29)18-8-6-16(7-9-18)15(2)26/h3-9,17H,10-13H2,1-2H3,(H,23,24,27). The molecule has 1 aliphatic heterocycles. The molecule has 31 heavy (non-hydrogen) atoms. The number of aromatic nitrogens is 1. The van der Waals surface area contributed by atoms with Crippen molar-refractivity contribution in [2.24, 2.45) is 5.92 Å². The lowest BCUT2D eigenvalue weighted by atomic mass is 9.97. The highest BCUT2D eigenvalue weighted by Crippen LogP contribution is 2.30. The molecular formula is C22H23N3O4S2. The number of hydrogen-bond donors (Lipinski definition) is 1. The number of ketones is 1. The number of carbonyl (C=O) groups is 2. The minimum Gasteiger partial charge on any atom is -0.302 e. The summed E-state index contributed by atoms with van der Waals surface area (Å²) in [6.07, 6.45) is 0.890. The summed E-state index contributed by atoms with van der Waals surface area (Å²) in [7, 11) is -3.65. The molecule has 1 N–H and O–H groups in total. The van der Waals surface area contributed by atoms with Crippen LogP contribution in [0.5, 0.6) is 0 Å². The molecule has 0 atom stereocenters. The largest absolute Gasteiger partial charge is 0.302 e. The van der Waals surface area contributed by atoms with E-state index in [1.807, 2.05) is 25.1 Å².